The van der Waals surface area contributed by atoms with Gasteiger partial charge in [-0.25, -0.2) is 4.79 Å². The van der Waals surface area contributed by atoms with E-state index in [4.69, 9.17) is 9.47 Å². The number of hydrogen-bond acceptors (Lipinski definition) is 6. The van der Waals surface area contributed by atoms with Crippen LogP contribution in [0, 0.1) is 13.8 Å². The Balaban J connectivity index is 1.46. The summed E-state index contributed by atoms with van der Waals surface area (Å²) in [5, 5.41) is 10.9. The third-order valence-corrected chi connectivity index (χ3v) is 5.62. The van der Waals surface area contributed by atoms with Gasteiger partial charge in [-0.05, 0) is 38.7 Å². The molecule has 1 fully saturated rings. The summed E-state index contributed by atoms with van der Waals surface area (Å²) >= 11 is 0. The van der Waals surface area contributed by atoms with Crippen LogP contribution in [0.3, 0.4) is 0 Å². The second-order valence-electron chi connectivity index (χ2n) is 7.53. The lowest BCUT2D eigenvalue weighted by Gasteiger charge is -2.38. The molecule has 0 unspecified atom stereocenters. The number of carbonyl (C=O) groups is 1. The maximum atomic E-state index is 11.4. The van der Waals surface area contributed by atoms with Crippen LogP contribution in [0.15, 0.2) is 30.3 Å². The van der Waals surface area contributed by atoms with Crippen molar-refractivity contribution >= 4 is 6.16 Å². The lowest BCUT2D eigenvalue weighted by molar-refractivity contribution is -0.0265. The molecule has 0 atom stereocenters. The summed E-state index contributed by atoms with van der Waals surface area (Å²) in [5.74, 6) is 0.822. The molecule has 1 aliphatic rings. The highest BCUT2D eigenvalue weighted by Gasteiger charge is 2.33. The van der Waals surface area contributed by atoms with Crippen LogP contribution in [0.25, 0.3) is 0 Å². The monoisotopic (exact) mass is 402 g/mol. The minimum atomic E-state index is -0.782. The third-order valence-electron chi connectivity index (χ3n) is 5.62. The van der Waals surface area contributed by atoms with E-state index in [1.165, 1.54) is 7.11 Å². The molecule has 1 aliphatic heterocycles. The number of H-pyrrole nitrogens is 1. The predicted molar refractivity (Wildman–Crippen MR) is 109 cm³/mol. The second-order valence-corrected chi connectivity index (χ2v) is 7.53. The van der Waals surface area contributed by atoms with Gasteiger partial charge in [0.1, 0.15) is 0 Å². The Morgan fingerprint density at radius 1 is 1.21 bits per heavy atom. The highest BCUT2D eigenvalue weighted by molar-refractivity contribution is 5.65. The van der Waals surface area contributed by atoms with Crippen molar-refractivity contribution in [3.63, 3.8) is 0 Å². The molecule has 7 heteroatoms. The zero-order valence-electron chi connectivity index (χ0n) is 17.4. The number of aryl methyl sites for hydroxylation is 1. The largest absolute Gasteiger partial charge is 0.514 e. The first-order valence-electron chi connectivity index (χ1n) is 10.0. The number of piperidine rings is 1. The fourth-order valence-electron chi connectivity index (χ4n) is 3.68. The molecule has 2 heterocycles. The number of nitrogens with one attached hydrogen (secondary N) is 1. The fraction of sp³-hybridized carbons (Fsp3) is 0.500. The van der Waals surface area contributed by atoms with E-state index in [1.807, 2.05) is 44.2 Å². The number of methoxy groups -OCH3 is 1. The number of hydrogen-bond donors (Lipinski definition) is 2. The SMILES string of the molecule is COC(=O)Oc1[nH]c(C)c(C)c1OCCCN1CCC(O)(c2ccccc2)CC1. The first kappa shape index (κ1) is 21.2. The van der Waals surface area contributed by atoms with Crippen molar-refractivity contribution in [3.05, 3.63) is 47.2 Å². The van der Waals surface area contributed by atoms with Gasteiger partial charge in [0.15, 0.2) is 5.75 Å². The maximum absolute atomic E-state index is 11.4. The van der Waals surface area contributed by atoms with Gasteiger partial charge in [-0.3, -0.25) is 0 Å². The van der Waals surface area contributed by atoms with Gasteiger partial charge in [0.25, 0.3) is 0 Å². The molecular weight excluding hydrogens is 372 g/mol. The number of likely N-dealkylation sites (tertiary alicyclic amines) is 1. The molecule has 2 N–H and O–H groups in total. The predicted octanol–water partition coefficient (Wildman–Crippen LogP) is 3.53. The van der Waals surface area contributed by atoms with Gasteiger partial charge >= 0.3 is 6.16 Å². The number of aliphatic hydroxyl groups is 1. The molecular formula is C22H30N2O5. The number of aromatic nitrogens is 1. The minimum absolute atomic E-state index is 0.276. The summed E-state index contributed by atoms with van der Waals surface area (Å²) in [6, 6.07) is 9.91. The molecule has 158 valence electrons. The zero-order chi connectivity index (χ0) is 20.9. The number of benzene rings is 1. The number of carbonyl (C=O) groups excluding carboxylic acids is 1. The molecule has 0 spiro atoms. The molecule has 1 saturated heterocycles. The molecule has 0 amide bonds. The van der Waals surface area contributed by atoms with Gasteiger partial charge in [-0.15, -0.1) is 0 Å². The Morgan fingerprint density at radius 2 is 1.90 bits per heavy atom. The Bertz CT molecular complexity index is 810. The van der Waals surface area contributed by atoms with Crippen molar-refractivity contribution in [3.8, 4) is 11.6 Å². The van der Waals surface area contributed by atoms with Crippen LogP contribution in [-0.4, -0.2) is 54.5 Å². The maximum Gasteiger partial charge on any atom is 0.514 e. The summed E-state index contributed by atoms with van der Waals surface area (Å²) < 4.78 is 15.6. The summed E-state index contributed by atoms with van der Waals surface area (Å²) in [7, 11) is 1.27. The van der Waals surface area contributed by atoms with E-state index in [0.29, 0.717) is 12.4 Å². The van der Waals surface area contributed by atoms with Crippen molar-refractivity contribution in [1.29, 1.82) is 0 Å². The van der Waals surface area contributed by atoms with Crippen LogP contribution >= 0.6 is 0 Å². The fourth-order valence-corrected chi connectivity index (χ4v) is 3.68. The molecule has 0 bridgehead atoms. The van der Waals surface area contributed by atoms with Crippen molar-refractivity contribution in [2.45, 2.75) is 38.7 Å². The van der Waals surface area contributed by atoms with Crippen LogP contribution < -0.4 is 9.47 Å². The van der Waals surface area contributed by atoms with E-state index in [-0.39, 0.29) is 5.88 Å². The van der Waals surface area contributed by atoms with E-state index in [0.717, 1.165) is 55.7 Å². The van der Waals surface area contributed by atoms with E-state index < -0.39 is 11.8 Å². The molecule has 29 heavy (non-hydrogen) atoms. The van der Waals surface area contributed by atoms with Gasteiger partial charge in [0.2, 0.25) is 5.88 Å². The van der Waals surface area contributed by atoms with Gasteiger partial charge in [-0.2, -0.15) is 0 Å². The molecule has 1 aromatic carbocycles. The van der Waals surface area contributed by atoms with Crippen LogP contribution in [-0.2, 0) is 10.3 Å². The first-order chi connectivity index (χ1) is 13.9. The van der Waals surface area contributed by atoms with Crippen molar-refractivity contribution in [2.24, 2.45) is 0 Å². The van der Waals surface area contributed by atoms with E-state index in [1.54, 1.807) is 0 Å². The molecule has 3 rings (SSSR count). The smallest absolute Gasteiger partial charge is 0.488 e. The molecule has 2 aromatic rings. The number of nitrogens with zero attached hydrogens (tertiary/aromatic N) is 1. The number of ether oxygens (including phenoxy) is 3. The lowest BCUT2D eigenvalue weighted by atomic mass is 9.84. The second kappa shape index (κ2) is 9.33. The van der Waals surface area contributed by atoms with Crippen LogP contribution in [0.5, 0.6) is 11.6 Å². The highest BCUT2D eigenvalue weighted by Crippen LogP contribution is 2.34. The highest BCUT2D eigenvalue weighted by atomic mass is 16.7. The van der Waals surface area contributed by atoms with Crippen LogP contribution in [0.4, 0.5) is 4.79 Å². The molecule has 1 aromatic heterocycles. The van der Waals surface area contributed by atoms with Gasteiger partial charge < -0.3 is 29.2 Å². The zero-order valence-corrected chi connectivity index (χ0v) is 17.4. The Kier molecular flexibility index (Phi) is 6.82. The molecule has 0 aliphatic carbocycles. The average molecular weight is 402 g/mol. The summed E-state index contributed by atoms with van der Waals surface area (Å²) in [6.45, 7) is 6.92. The Labute approximate surface area is 171 Å². The quantitative estimate of drug-likeness (QED) is 0.545. The molecule has 7 nitrogen and oxygen atoms in total. The standard InChI is InChI=1S/C22H30N2O5/c1-16-17(2)23-20(29-21(25)27-3)19(16)28-15-7-12-24-13-10-22(26,11-14-24)18-8-5-4-6-9-18/h4-6,8-9,23,26H,7,10-15H2,1-3H3. The average Bonchev–Trinajstić information content (AvgIpc) is 3.00. The van der Waals surface area contributed by atoms with Crippen LogP contribution in [0.2, 0.25) is 0 Å². The summed E-state index contributed by atoms with van der Waals surface area (Å²) in [5.41, 5.74) is 2.07. The summed E-state index contributed by atoms with van der Waals surface area (Å²) in [6.07, 6.45) is 1.51. The first-order valence-corrected chi connectivity index (χ1v) is 10.0. The normalized spacial score (nSPS) is 16.4. The molecule has 0 saturated carbocycles. The van der Waals surface area contributed by atoms with Crippen molar-refractivity contribution in [1.82, 2.24) is 9.88 Å². The van der Waals surface area contributed by atoms with Gasteiger partial charge in [0, 0.05) is 30.9 Å². The molecule has 0 radical (unpaired) electrons. The van der Waals surface area contributed by atoms with Crippen LogP contribution in [0.1, 0.15) is 36.1 Å². The van der Waals surface area contributed by atoms with Gasteiger partial charge in [-0.1, -0.05) is 30.3 Å². The van der Waals surface area contributed by atoms with Gasteiger partial charge in [0.05, 0.1) is 19.3 Å². The van der Waals surface area contributed by atoms with Crippen molar-refractivity contribution < 1.29 is 24.1 Å². The third kappa shape index (κ3) is 5.10. The number of rotatable bonds is 7. The van der Waals surface area contributed by atoms with E-state index >= 15 is 0 Å². The van der Waals surface area contributed by atoms with E-state index in [9.17, 15) is 9.90 Å². The lowest BCUT2D eigenvalue weighted by Crippen LogP contribution is -2.43. The van der Waals surface area contributed by atoms with Crippen molar-refractivity contribution in [2.75, 3.05) is 33.4 Å². The Hall–Kier alpha value is -2.51. The van der Waals surface area contributed by atoms with E-state index in [2.05, 4.69) is 14.6 Å². The minimum Gasteiger partial charge on any atom is -0.488 e. The number of aromatic amines is 1. The Morgan fingerprint density at radius 3 is 2.55 bits per heavy atom. The summed E-state index contributed by atoms with van der Waals surface area (Å²) in [4.78, 5) is 16.8. The topological polar surface area (TPSA) is 84.0 Å².